The number of benzene rings is 10. The molecule has 10 aromatic rings. The fraction of sp³-hybridized carbons (Fsp3) is 0. The number of nitrogens with zero attached hydrogens (tertiary/aromatic N) is 1. The van der Waals surface area contributed by atoms with Crippen molar-refractivity contribution in [3.63, 3.8) is 0 Å². The lowest BCUT2D eigenvalue weighted by molar-refractivity contribution is 1.28. The molecule has 0 fully saturated rings. The number of rotatable bonds is 7. The molecule has 0 amide bonds. The minimum atomic E-state index is 1.10. The van der Waals surface area contributed by atoms with E-state index in [0.29, 0.717) is 0 Å². The van der Waals surface area contributed by atoms with E-state index in [0.717, 1.165) is 17.1 Å². The Morgan fingerprint density at radius 3 is 1.25 bits per heavy atom. The summed E-state index contributed by atoms with van der Waals surface area (Å²) in [5, 5.41) is 7.59. The smallest absolute Gasteiger partial charge is 0.0467 e. The molecule has 10 rings (SSSR count). The Kier molecular flexibility index (Phi) is 8.24. The van der Waals surface area contributed by atoms with Crippen molar-refractivity contribution in [2.75, 3.05) is 4.90 Å². The summed E-state index contributed by atoms with van der Waals surface area (Å²) in [7, 11) is 0. The standard InChI is InChI=1S/C54H37N/c1-3-14-38(15-4-1)42-19-13-20-46(36-42)55(45-32-28-41(29-33-45)54-37-43-18-7-8-21-47(43)50-22-11-12-25-53(50)54)44-30-26-40(27-31-44)49-35-34-48(39-16-5-2-6-17-39)51-23-9-10-24-52(49)51/h1-37H. The van der Waals surface area contributed by atoms with Gasteiger partial charge in [0.1, 0.15) is 0 Å². The molecular weight excluding hydrogens is 663 g/mol. The third kappa shape index (κ3) is 6.02. The molecule has 0 radical (unpaired) electrons. The molecular formula is C54H37N. The van der Waals surface area contributed by atoms with Crippen LogP contribution in [0.15, 0.2) is 224 Å². The van der Waals surface area contributed by atoms with Crippen LogP contribution in [-0.2, 0) is 0 Å². The van der Waals surface area contributed by atoms with Gasteiger partial charge in [-0.25, -0.2) is 0 Å². The Morgan fingerprint density at radius 1 is 0.218 bits per heavy atom. The number of hydrogen-bond acceptors (Lipinski definition) is 1. The van der Waals surface area contributed by atoms with Crippen LogP contribution in [0.25, 0.3) is 76.8 Å². The molecule has 0 bridgehead atoms. The summed E-state index contributed by atoms with van der Waals surface area (Å²) in [4.78, 5) is 2.37. The molecule has 0 spiro atoms. The van der Waals surface area contributed by atoms with E-state index in [2.05, 4.69) is 229 Å². The van der Waals surface area contributed by atoms with Crippen LogP contribution in [0.4, 0.5) is 17.1 Å². The Hall–Kier alpha value is -7.22. The van der Waals surface area contributed by atoms with E-state index in [1.807, 2.05) is 0 Å². The SMILES string of the molecule is c1ccc(-c2cccc(N(c3ccc(-c4ccc(-c5ccccc5)c5ccccc45)cc3)c3ccc(-c4cc5ccccc5c5ccccc45)cc3)c2)cc1. The van der Waals surface area contributed by atoms with E-state index in [-0.39, 0.29) is 0 Å². The molecule has 0 aliphatic rings. The second-order valence-electron chi connectivity index (χ2n) is 14.1. The van der Waals surface area contributed by atoms with Gasteiger partial charge in [0, 0.05) is 17.1 Å². The summed E-state index contributed by atoms with van der Waals surface area (Å²) in [5.41, 5.74) is 13.0. The van der Waals surface area contributed by atoms with Crippen LogP contribution >= 0.6 is 0 Å². The lowest BCUT2D eigenvalue weighted by Gasteiger charge is -2.26. The zero-order valence-corrected chi connectivity index (χ0v) is 30.3. The molecule has 0 aromatic heterocycles. The van der Waals surface area contributed by atoms with Gasteiger partial charge in [-0.3, -0.25) is 0 Å². The van der Waals surface area contributed by atoms with Crippen LogP contribution in [0.5, 0.6) is 0 Å². The van der Waals surface area contributed by atoms with Gasteiger partial charge in [0.05, 0.1) is 0 Å². The Morgan fingerprint density at radius 2 is 0.655 bits per heavy atom. The summed E-state index contributed by atoms with van der Waals surface area (Å²) in [6.45, 7) is 0. The zero-order chi connectivity index (χ0) is 36.6. The monoisotopic (exact) mass is 699 g/mol. The molecule has 10 aromatic carbocycles. The van der Waals surface area contributed by atoms with Gasteiger partial charge in [0.25, 0.3) is 0 Å². The van der Waals surface area contributed by atoms with Crippen molar-refractivity contribution in [2.45, 2.75) is 0 Å². The number of fused-ring (bicyclic) bond motifs is 4. The molecule has 55 heavy (non-hydrogen) atoms. The molecule has 1 heteroatoms. The van der Waals surface area contributed by atoms with Crippen LogP contribution in [0.1, 0.15) is 0 Å². The van der Waals surface area contributed by atoms with E-state index < -0.39 is 0 Å². The largest absolute Gasteiger partial charge is 0.310 e. The molecule has 0 atom stereocenters. The first-order chi connectivity index (χ1) is 27.3. The normalized spacial score (nSPS) is 11.3. The Bertz CT molecular complexity index is 2950. The lowest BCUT2D eigenvalue weighted by atomic mass is 9.92. The van der Waals surface area contributed by atoms with Crippen molar-refractivity contribution in [3.8, 4) is 44.5 Å². The molecule has 258 valence electrons. The van der Waals surface area contributed by atoms with Crippen LogP contribution in [0, 0.1) is 0 Å². The van der Waals surface area contributed by atoms with Crippen molar-refractivity contribution in [1.82, 2.24) is 0 Å². The molecule has 0 unspecified atom stereocenters. The first-order valence-electron chi connectivity index (χ1n) is 18.9. The highest BCUT2D eigenvalue weighted by molar-refractivity contribution is 6.14. The van der Waals surface area contributed by atoms with Gasteiger partial charge in [-0.15, -0.1) is 0 Å². The van der Waals surface area contributed by atoms with Gasteiger partial charge in [0.15, 0.2) is 0 Å². The topological polar surface area (TPSA) is 3.24 Å². The van der Waals surface area contributed by atoms with Crippen molar-refractivity contribution >= 4 is 49.4 Å². The van der Waals surface area contributed by atoms with Crippen molar-refractivity contribution in [1.29, 1.82) is 0 Å². The van der Waals surface area contributed by atoms with Gasteiger partial charge in [0.2, 0.25) is 0 Å². The molecule has 0 heterocycles. The zero-order valence-electron chi connectivity index (χ0n) is 30.3. The third-order valence-electron chi connectivity index (χ3n) is 10.9. The Balaban J connectivity index is 1.07. The third-order valence-corrected chi connectivity index (χ3v) is 10.9. The first kappa shape index (κ1) is 32.4. The van der Waals surface area contributed by atoms with E-state index in [1.54, 1.807) is 0 Å². The van der Waals surface area contributed by atoms with E-state index >= 15 is 0 Å². The van der Waals surface area contributed by atoms with Crippen molar-refractivity contribution in [3.05, 3.63) is 224 Å². The average molecular weight is 700 g/mol. The maximum atomic E-state index is 2.37. The maximum Gasteiger partial charge on any atom is 0.0467 e. The molecule has 0 aliphatic carbocycles. The summed E-state index contributed by atoms with van der Waals surface area (Å²) >= 11 is 0. The fourth-order valence-electron chi connectivity index (χ4n) is 8.20. The van der Waals surface area contributed by atoms with Gasteiger partial charge in [-0.2, -0.15) is 0 Å². The predicted octanol–water partition coefficient (Wildman–Crippen LogP) is 15.3. The summed E-state index contributed by atoms with van der Waals surface area (Å²) in [6, 6.07) is 81.3. The molecule has 0 saturated heterocycles. The predicted molar refractivity (Wildman–Crippen MR) is 235 cm³/mol. The average Bonchev–Trinajstić information content (AvgIpc) is 3.27. The fourth-order valence-corrected chi connectivity index (χ4v) is 8.20. The number of hydrogen-bond donors (Lipinski definition) is 0. The second kappa shape index (κ2) is 14.0. The maximum absolute atomic E-state index is 2.37. The molecule has 1 nitrogen and oxygen atoms in total. The lowest BCUT2D eigenvalue weighted by Crippen LogP contribution is -2.10. The van der Waals surface area contributed by atoms with Gasteiger partial charge in [-0.1, -0.05) is 182 Å². The highest BCUT2D eigenvalue weighted by Gasteiger charge is 2.16. The summed E-state index contributed by atoms with van der Waals surface area (Å²) in [6.07, 6.45) is 0. The van der Waals surface area contributed by atoms with Gasteiger partial charge < -0.3 is 4.90 Å². The van der Waals surface area contributed by atoms with Crippen LogP contribution in [0.3, 0.4) is 0 Å². The van der Waals surface area contributed by atoms with E-state index in [4.69, 9.17) is 0 Å². The first-order valence-corrected chi connectivity index (χ1v) is 18.9. The van der Waals surface area contributed by atoms with E-state index in [1.165, 1.54) is 76.8 Å². The quantitative estimate of drug-likeness (QED) is 0.150. The van der Waals surface area contributed by atoms with Gasteiger partial charge in [-0.05, 0) is 119 Å². The Labute approximate surface area is 322 Å². The van der Waals surface area contributed by atoms with Crippen LogP contribution < -0.4 is 4.90 Å². The highest BCUT2D eigenvalue weighted by atomic mass is 15.1. The number of anilines is 3. The highest BCUT2D eigenvalue weighted by Crippen LogP contribution is 2.41. The van der Waals surface area contributed by atoms with Gasteiger partial charge >= 0.3 is 0 Å². The molecule has 0 N–H and O–H groups in total. The molecule has 0 saturated carbocycles. The van der Waals surface area contributed by atoms with E-state index in [9.17, 15) is 0 Å². The van der Waals surface area contributed by atoms with Crippen LogP contribution in [0.2, 0.25) is 0 Å². The van der Waals surface area contributed by atoms with Crippen molar-refractivity contribution < 1.29 is 0 Å². The second-order valence-corrected chi connectivity index (χ2v) is 14.1. The minimum absolute atomic E-state index is 1.10. The van der Waals surface area contributed by atoms with Crippen LogP contribution in [-0.4, -0.2) is 0 Å². The van der Waals surface area contributed by atoms with Crippen molar-refractivity contribution in [2.24, 2.45) is 0 Å². The summed E-state index contributed by atoms with van der Waals surface area (Å²) < 4.78 is 0. The summed E-state index contributed by atoms with van der Waals surface area (Å²) in [5.74, 6) is 0. The minimum Gasteiger partial charge on any atom is -0.310 e. The molecule has 0 aliphatic heterocycles.